The van der Waals surface area contributed by atoms with E-state index in [1.807, 2.05) is 26.0 Å². The number of amides is 1. The summed E-state index contributed by atoms with van der Waals surface area (Å²) in [5, 5.41) is 0. The summed E-state index contributed by atoms with van der Waals surface area (Å²) in [6.45, 7) is 4.38. The molecule has 3 aromatic rings. The Balaban J connectivity index is 1.49. The third kappa shape index (κ3) is 4.16. The van der Waals surface area contributed by atoms with E-state index in [1.165, 1.54) is 16.1 Å². The lowest BCUT2D eigenvalue weighted by Gasteiger charge is -2.26. The van der Waals surface area contributed by atoms with Crippen LogP contribution in [-0.4, -0.2) is 34.4 Å². The van der Waals surface area contributed by atoms with E-state index in [0.29, 0.717) is 17.3 Å². The van der Waals surface area contributed by atoms with E-state index >= 15 is 0 Å². The van der Waals surface area contributed by atoms with E-state index < -0.39 is 26.9 Å². The standard InChI is InChI=1S/C23H23F3N4O3S2/c1-13-11-14(2)27-20-18(13)28-19(15-5-6-15)30(20)12-16-7-8-17(34-16)22(9-3-4-10-22)21(31)29-35(32,33)23(24,25)26/h3-4,7-8,11,15H,5-6,9-10,12H2,1-2H3,(H,29,31). The number of pyridine rings is 1. The molecule has 35 heavy (non-hydrogen) atoms. The highest BCUT2D eigenvalue weighted by atomic mass is 32.2. The zero-order valence-electron chi connectivity index (χ0n) is 19.0. The lowest BCUT2D eigenvalue weighted by Crippen LogP contribution is -2.48. The molecular formula is C23H23F3N4O3S2. The number of nitrogens with one attached hydrogen (secondary N) is 1. The first-order valence-electron chi connectivity index (χ1n) is 11.1. The van der Waals surface area contributed by atoms with Crippen LogP contribution in [0, 0.1) is 13.8 Å². The predicted molar refractivity (Wildman–Crippen MR) is 126 cm³/mol. The van der Waals surface area contributed by atoms with Gasteiger partial charge in [0.15, 0.2) is 5.65 Å². The van der Waals surface area contributed by atoms with Gasteiger partial charge in [0.05, 0.1) is 12.0 Å². The van der Waals surface area contributed by atoms with E-state index in [9.17, 15) is 26.4 Å². The van der Waals surface area contributed by atoms with Crippen molar-refractivity contribution in [1.29, 1.82) is 0 Å². The quantitative estimate of drug-likeness (QED) is 0.476. The average Bonchev–Trinajstić information content (AvgIpc) is 3.16. The number of aromatic nitrogens is 3. The first-order valence-corrected chi connectivity index (χ1v) is 13.4. The average molecular weight is 525 g/mol. The van der Waals surface area contributed by atoms with Crippen LogP contribution < -0.4 is 4.72 Å². The molecule has 2 aliphatic rings. The monoisotopic (exact) mass is 524 g/mol. The number of hydrogen-bond donors (Lipinski definition) is 1. The van der Waals surface area contributed by atoms with Crippen molar-refractivity contribution in [3.63, 3.8) is 0 Å². The van der Waals surface area contributed by atoms with Crippen LogP contribution in [0.15, 0.2) is 30.4 Å². The highest BCUT2D eigenvalue weighted by molar-refractivity contribution is 7.90. The van der Waals surface area contributed by atoms with E-state index in [4.69, 9.17) is 9.97 Å². The molecule has 0 unspecified atom stereocenters. The number of rotatable bonds is 6. The summed E-state index contributed by atoms with van der Waals surface area (Å²) in [5.41, 5.74) is -3.42. The predicted octanol–water partition coefficient (Wildman–Crippen LogP) is 4.59. The Morgan fingerprint density at radius 3 is 2.51 bits per heavy atom. The summed E-state index contributed by atoms with van der Waals surface area (Å²) < 4.78 is 65.2. The van der Waals surface area contributed by atoms with Crippen LogP contribution in [0.1, 0.15) is 58.4 Å². The van der Waals surface area contributed by atoms with Gasteiger partial charge in [0.25, 0.3) is 0 Å². The summed E-state index contributed by atoms with van der Waals surface area (Å²) >= 11 is 1.29. The maximum atomic E-state index is 12.9. The Labute approximate surface area is 204 Å². The van der Waals surface area contributed by atoms with Gasteiger partial charge in [-0.25, -0.2) is 14.7 Å². The van der Waals surface area contributed by atoms with Crippen molar-refractivity contribution < 1.29 is 26.4 Å². The first-order chi connectivity index (χ1) is 16.4. The van der Waals surface area contributed by atoms with Crippen LogP contribution in [0.3, 0.4) is 0 Å². The van der Waals surface area contributed by atoms with Crippen LogP contribution >= 0.6 is 11.3 Å². The van der Waals surface area contributed by atoms with Gasteiger partial charge >= 0.3 is 15.5 Å². The Morgan fingerprint density at radius 1 is 1.20 bits per heavy atom. The van der Waals surface area contributed by atoms with Gasteiger partial charge in [-0.1, -0.05) is 12.2 Å². The van der Waals surface area contributed by atoms with Gasteiger partial charge in [-0.05, 0) is 63.3 Å². The van der Waals surface area contributed by atoms with Crippen molar-refractivity contribution in [1.82, 2.24) is 19.3 Å². The SMILES string of the molecule is Cc1cc(C)c2nc(C3CC3)n(Cc3ccc(C4(C(=O)NS(=O)(=O)C(F)(F)F)CC=CC4)s3)c2n1. The number of sulfonamides is 1. The highest BCUT2D eigenvalue weighted by Crippen LogP contribution is 2.43. The number of alkyl halides is 3. The number of thiophene rings is 1. The van der Waals surface area contributed by atoms with Crippen molar-refractivity contribution >= 4 is 38.4 Å². The van der Waals surface area contributed by atoms with Gasteiger partial charge in [0.2, 0.25) is 5.91 Å². The van der Waals surface area contributed by atoms with Crippen molar-refractivity contribution in [2.24, 2.45) is 0 Å². The lowest BCUT2D eigenvalue weighted by molar-refractivity contribution is -0.125. The fourth-order valence-electron chi connectivity index (χ4n) is 4.53. The Kier molecular flexibility index (Phi) is 5.59. The van der Waals surface area contributed by atoms with E-state index in [2.05, 4.69) is 4.57 Å². The topological polar surface area (TPSA) is 94.0 Å². The molecule has 1 N–H and O–H groups in total. The van der Waals surface area contributed by atoms with Gasteiger partial charge < -0.3 is 4.57 Å². The van der Waals surface area contributed by atoms with E-state index in [0.717, 1.165) is 46.0 Å². The minimum atomic E-state index is -5.80. The van der Waals surface area contributed by atoms with Gasteiger partial charge in [-0.2, -0.15) is 21.6 Å². The number of carbonyl (C=O) groups excluding carboxylic acids is 1. The zero-order valence-corrected chi connectivity index (χ0v) is 20.6. The lowest BCUT2D eigenvalue weighted by atomic mass is 9.83. The molecular weight excluding hydrogens is 501 g/mol. The number of imidazole rings is 1. The second-order valence-corrected chi connectivity index (χ2v) is 12.0. The molecule has 1 saturated carbocycles. The molecule has 5 rings (SSSR count). The maximum Gasteiger partial charge on any atom is 0.516 e. The molecule has 12 heteroatoms. The normalized spacial score (nSPS) is 17.9. The number of halogens is 3. The molecule has 0 spiro atoms. The number of carbonyl (C=O) groups is 1. The van der Waals surface area contributed by atoms with Crippen LogP contribution in [0.25, 0.3) is 11.2 Å². The Morgan fingerprint density at radius 2 is 1.89 bits per heavy atom. The second kappa shape index (κ2) is 8.16. The molecule has 1 fully saturated rings. The Hall–Kier alpha value is -2.73. The minimum absolute atomic E-state index is 0.118. The summed E-state index contributed by atoms with van der Waals surface area (Å²) in [6, 6.07) is 5.52. The van der Waals surface area contributed by atoms with Gasteiger partial charge in [-0.3, -0.25) is 4.79 Å². The third-order valence-electron chi connectivity index (χ3n) is 6.51. The molecule has 3 heterocycles. The molecule has 186 valence electrons. The van der Waals surface area contributed by atoms with Crippen LogP contribution in [0.5, 0.6) is 0 Å². The minimum Gasteiger partial charge on any atom is -0.307 e. The number of allylic oxidation sites excluding steroid dienone is 2. The second-order valence-electron chi connectivity index (χ2n) is 9.19. The summed E-state index contributed by atoms with van der Waals surface area (Å²) in [4.78, 5) is 23.9. The molecule has 0 aromatic carbocycles. The molecule has 0 atom stereocenters. The van der Waals surface area contributed by atoms with Crippen LogP contribution in [0.2, 0.25) is 0 Å². The Bertz CT molecular complexity index is 1460. The number of nitrogens with zero attached hydrogens (tertiary/aromatic N) is 3. The molecule has 1 amide bonds. The number of hydrogen-bond acceptors (Lipinski definition) is 6. The van der Waals surface area contributed by atoms with Gasteiger partial charge in [0.1, 0.15) is 11.3 Å². The van der Waals surface area contributed by atoms with Crippen LogP contribution in [0.4, 0.5) is 13.2 Å². The number of fused-ring (bicyclic) bond motifs is 1. The molecule has 7 nitrogen and oxygen atoms in total. The van der Waals surface area contributed by atoms with Crippen molar-refractivity contribution in [3.8, 4) is 0 Å². The van der Waals surface area contributed by atoms with Gasteiger partial charge in [0, 0.05) is 21.4 Å². The highest BCUT2D eigenvalue weighted by Gasteiger charge is 2.51. The summed E-state index contributed by atoms with van der Waals surface area (Å²) in [6.07, 6.45) is 5.71. The van der Waals surface area contributed by atoms with Crippen molar-refractivity contribution in [2.45, 2.75) is 62.9 Å². The molecule has 0 radical (unpaired) electrons. The largest absolute Gasteiger partial charge is 0.516 e. The molecule has 0 aliphatic heterocycles. The van der Waals surface area contributed by atoms with E-state index in [1.54, 1.807) is 18.2 Å². The number of aryl methyl sites for hydroxylation is 2. The van der Waals surface area contributed by atoms with Crippen molar-refractivity contribution in [2.75, 3.05) is 0 Å². The fraction of sp³-hybridized carbons (Fsp3) is 0.435. The molecule has 3 aromatic heterocycles. The summed E-state index contributed by atoms with van der Waals surface area (Å²) in [5.74, 6) is 0.155. The van der Waals surface area contributed by atoms with E-state index in [-0.39, 0.29) is 12.8 Å². The summed E-state index contributed by atoms with van der Waals surface area (Å²) in [7, 11) is -5.80. The molecule has 2 aliphatic carbocycles. The first kappa shape index (κ1) is 24.0. The zero-order chi connectivity index (χ0) is 25.2. The fourth-order valence-corrected chi connectivity index (χ4v) is 6.29. The molecule has 0 saturated heterocycles. The van der Waals surface area contributed by atoms with Crippen LogP contribution in [-0.2, 0) is 26.8 Å². The maximum absolute atomic E-state index is 12.9. The van der Waals surface area contributed by atoms with Gasteiger partial charge in [-0.15, -0.1) is 11.3 Å². The van der Waals surface area contributed by atoms with Crippen molar-refractivity contribution in [3.05, 3.63) is 57.2 Å². The smallest absolute Gasteiger partial charge is 0.307 e. The third-order valence-corrected chi connectivity index (χ3v) is 8.84. The molecule has 0 bridgehead atoms.